The molecule has 0 fully saturated rings. The first-order valence-corrected chi connectivity index (χ1v) is 7.70. The van der Waals surface area contributed by atoms with Crippen LogP contribution in [-0.4, -0.2) is 27.5 Å². The molecule has 1 aromatic rings. The topological polar surface area (TPSA) is 46.2 Å². The van der Waals surface area contributed by atoms with E-state index in [1.165, 1.54) is 18.2 Å². The van der Waals surface area contributed by atoms with Gasteiger partial charge in [0.05, 0.1) is 0 Å². The molecule has 1 unspecified atom stereocenters. The van der Waals surface area contributed by atoms with Gasteiger partial charge in [-0.2, -0.15) is 0 Å². The number of benzene rings is 1. The third-order valence-electron chi connectivity index (χ3n) is 2.70. The zero-order valence-corrected chi connectivity index (χ0v) is 11.2. The summed E-state index contributed by atoms with van der Waals surface area (Å²) < 4.78 is 49.1. The molecule has 1 N–H and O–H groups in total. The van der Waals surface area contributed by atoms with Gasteiger partial charge < -0.3 is 5.32 Å². The van der Waals surface area contributed by atoms with Crippen LogP contribution in [0.3, 0.4) is 0 Å². The summed E-state index contributed by atoms with van der Waals surface area (Å²) in [4.78, 5) is 0. The summed E-state index contributed by atoms with van der Waals surface area (Å²) in [6, 6.07) is 3.17. The molecule has 0 bridgehead atoms. The Labute approximate surface area is 106 Å². The van der Waals surface area contributed by atoms with Crippen LogP contribution in [0.25, 0.3) is 0 Å². The highest BCUT2D eigenvalue weighted by molar-refractivity contribution is 7.90. The van der Waals surface area contributed by atoms with Gasteiger partial charge in [0.2, 0.25) is 0 Å². The van der Waals surface area contributed by atoms with Gasteiger partial charge in [0, 0.05) is 23.6 Å². The summed E-state index contributed by atoms with van der Waals surface area (Å²) in [5.41, 5.74) is -0.0338. The lowest BCUT2D eigenvalue weighted by Gasteiger charge is -2.17. The molecule has 0 aliphatic carbocycles. The van der Waals surface area contributed by atoms with Crippen LogP contribution in [0.15, 0.2) is 18.2 Å². The van der Waals surface area contributed by atoms with E-state index in [1.807, 2.05) is 0 Å². The molecule has 0 radical (unpaired) electrons. The average molecular weight is 277 g/mol. The lowest BCUT2D eigenvalue weighted by molar-refractivity contribution is 0.468. The van der Waals surface area contributed by atoms with Crippen molar-refractivity contribution in [3.05, 3.63) is 35.4 Å². The van der Waals surface area contributed by atoms with Crippen molar-refractivity contribution in [2.75, 3.05) is 19.1 Å². The molecule has 0 heterocycles. The van der Waals surface area contributed by atoms with Crippen LogP contribution < -0.4 is 5.32 Å². The first-order chi connectivity index (χ1) is 8.35. The Morgan fingerprint density at radius 1 is 1.28 bits per heavy atom. The Morgan fingerprint density at radius 2 is 1.83 bits per heavy atom. The molecule has 1 rings (SSSR count). The summed E-state index contributed by atoms with van der Waals surface area (Å²) in [6.07, 6.45) is 1.87. The number of hydrogen-bond donors (Lipinski definition) is 1. The van der Waals surface area contributed by atoms with Crippen molar-refractivity contribution in [2.45, 2.75) is 18.9 Å². The fourth-order valence-electron chi connectivity index (χ4n) is 1.83. The molecule has 0 aliphatic rings. The second kappa shape index (κ2) is 6.24. The minimum absolute atomic E-state index is 0.0151. The smallest absolute Gasteiger partial charge is 0.147 e. The largest absolute Gasteiger partial charge is 0.313 e. The number of rotatable bonds is 6. The van der Waals surface area contributed by atoms with Gasteiger partial charge in [-0.25, -0.2) is 17.2 Å². The molecule has 102 valence electrons. The minimum Gasteiger partial charge on any atom is -0.313 e. The third-order valence-corrected chi connectivity index (χ3v) is 3.73. The lowest BCUT2D eigenvalue weighted by Crippen LogP contribution is -2.20. The molecular formula is C12H17F2NO2S. The van der Waals surface area contributed by atoms with Gasteiger partial charge in [-0.3, -0.25) is 0 Å². The molecule has 6 heteroatoms. The molecule has 0 amide bonds. The van der Waals surface area contributed by atoms with Crippen LogP contribution in [0.1, 0.15) is 24.4 Å². The molecule has 1 atom stereocenters. The molecule has 0 aromatic heterocycles. The van der Waals surface area contributed by atoms with Crippen LogP contribution in [0, 0.1) is 11.6 Å². The van der Waals surface area contributed by atoms with Gasteiger partial charge >= 0.3 is 0 Å². The van der Waals surface area contributed by atoms with Crippen LogP contribution in [0.5, 0.6) is 0 Å². The quantitative estimate of drug-likeness (QED) is 0.865. The maximum absolute atomic E-state index is 13.6. The van der Waals surface area contributed by atoms with Crippen LogP contribution >= 0.6 is 0 Å². The predicted molar refractivity (Wildman–Crippen MR) is 67.1 cm³/mol. The third kappa shape index (κ3) is 4.34. The SMILES string of the molecule is CNC(CCCS(C)(=O)=O)c1c(F)cccc1F. The molecule has 18 heavy (non-hydrogen) atoms. The van der Waals surface area contributed by atoms with E-state index in [2.05, 4.69) is 5.32 Å². The maximum atomic E-state index is 13.6. The van der Waals surface area contributed by atoms with E-state index in [4.69, 9.17) is 0 Å². The first-order valence-electron chi connectivity index (χ1n) is 5.64. The standard InChI is InChI=1S/C12H17F2NO2S/c1-15-11(7-4-8-18(2,16)17)12-9(13)5-3-6-10(12)14/h3,5-6,11,15H,4,7-8H2,1-2H3. The maximum Gasteiger partial charge on any atom is 0.147 e. The van der Waals surface area contributed by atoms with Crippen molar-refractivity contribution in [3.8, 4) is 0 Å². The highest BCUT2D eigenvalue weighted by atomic mass is 32.2. The van der Waals surface area contributed by atoms with E-state index in [0.717, 1.165) is 6.26 Å². The van der Waals surface area contributed by atoms with Crippen LogP contribution in [0.2, 0.25) is 0 Å². The number of halogens is 2. The van der Waals surface area contributed by atoms with Crippen molar-refractivity contribution >= 4 is 9.84 Å². The zero-order valence-electron chi connectivity index (χ0n) is 10.4. The van der Waals surface area contributed by atoms with E-state index < -0.39 is 27.5 Å². The highest BCUT2D eigenvalue weighted by Crippen LogP contribution is 2.24. The van der Waals surface area contributed by atoms with E-state index >= 15 is 0 Å². The van der Waals surface area contributed by atoms with Crippen molar-refractivity contribution in [3.63, 3.8) is 0 Å². The van der Waals surface area contributed by atoms with Crippen molar-refractivity contribution in [1.82, 2.24) is 5.32 Å². The number of nitrogens with one attached hydrogen (secondary N) is 1. The van der Waals surface area contributed by atoms with Crippen LogP contribution in [-0.2, 0) is 9.84 Å². The second-order valence-corrected chi connectivity index (χ2v) is 6.51. The van der Waals surface area contributed by atoms with E-state index in [1.54, 1.807) is 7.05 Å². The summed E-state index contributed by atoms with van der Waals surface area (Å²) >= 11 is 0. The molecule has 0 saturated heterocycles. The lowest BCUT2D eigenvalue weighted by atomic mass is 10.0. The highest BCUT2D eigenvalue weighted by Gasteiger charge is 2.18. The van der Waals surface area contributed by atoms with E-state index in [-0.39, 0.29) is 11.3 Å². The Hall–Kier alpha value is -1.01. The Morgan fingerprint density at radius 3 is 2.28 bits per heavy atom. The molecular weight excluding hydrogens is 260 g/mol. The fraction of sp³-hybridized carbons (Fsp3) is 0.500. The molecule has 0 aliphatic heterocycles. The fourth-order valence-corrected chi connectivity index (χ4v) is 2.52. The molecule has 0 spiro atoms. The van der Waals surface area contributed by atoms with Gasteiger partial charge in [0.1, 0.15) is 21.5 Å². The summed E-state index contributed by atoms with van der Waals surface area (Å²) in [5, 5.41) is 2.81. The summed E-state index contributed by atoms with van der Waals surface area (Å²) in [5.74, 6) is -1.22. The van der Waals surface area contributed by atoms with Gasteiger partial charge in [0.15, 0.2) is 0 Å². The van der Waals surface area contributed by atoms with Gasteiger partial charge in [-0.05, 0) is 32.0 Å². The minimum atomic E-state index is -3.05. The Balaban J connectivity index is 2.78. The molecule has 3 nitrogen and oxygen atoms in total. The summed E-state index contributed by atoms with van der Waals surface area (Å²) in [7, 11) is -1.45. The zero-order chi connectivity index (χ0) is 13.8. The monoisotopic (exact) mass is 277 g/mol. The normalized spacial score (nSPS) is 13.6. The molecule has 1 aromatic carbocycles. The first kappa shape index (κ1) is 15.0. The van der Waals surface area contributed by atoms with Gasteiger partial charge in [-0.15, -0.1) is 0 Å². The Kier molecular flexibility index (Phi) is 5.22. The molecule has 0 saturated carbocycles. The van der Waals surface area contributed by atoms with Crippen molar-refractivity contribution in [1.29, 1.82) is 0 Å². The van der Waals surface area contributed by atoms with E-state index in [0.29, 0.717) is 12.8 Å². The van der Waals surface area contributed by atoms with E-state index in [9.17, 15) is 17.2 Å². The second-order valence-electron chi connectivity index (χ2n) is 4.25. The van der Waals surface area contributed by atoms with Gasteiger partial charge in [-0.1, -0.05) is 6.07 Å². The average Bonchev–Trinajstić information content (AvgIpc) is 2.25. The number of hydrogen-bond acceptors (Lipinski definition) is 3. The number of sulfone groups is 1. The van der Waals surface area contributed by atoms with Crippen molar-refractivity contribution in [2.24, 2.45) is 0 Å². The van der Waals surface area contributed by atoms with Crippen LogP contribution in [0.4, 0.5) is 8.78 Å². The predicted octanol–water partition coefficient (Wildman–Crippen LogP) is 2.05. The Bertz CT molecular complexity index is 483. The summed E-state index contributed by atoms with van der Waals surface area (Å²) in [6.45, 7) is 0. The van der Waals surface area contributed by atoms with Gasteiger partial charge in [0.25, 0.3) is 0 Å². The van der Waals surface area contributed by atoms with Crippen molar-refractivity contribution < 1.29 is 17.2 Å².